The van der Waals surface area contributed by atoms with Crippen molar-refractivity contribution in [3.8, 4) is 0 Å². The third kappa shape index (κ3) is 2.09. The summed E-state index contributed by atoms with van der Waals surface area (Å²) in [5.41, 5.74) is 1.84. The number of benzene rings is 1. The van der Waals surface area contributed by atoms with Crippen molar-refractivity contribution in [3.63, 3.8) is 0 Å². The molecule has 6 heteroatoms. The van der Waals surface area contributed by atoms with Gasteiger partial charge in [0.1, 0.15) is 17.3 Å². The first kappa shape index (κ1) is 12.5. The Hall–Kier alpha value is -2.50. The minimum atomic E-state index is -0.347. The Kier molecular flexibility index (Phi) is 3.06. The van der Waals surface area contributed by atoms with E-state index in [1.807, 2.05) is 0 Å². The highest BCUT2D eigenvalue weighted by atomic mass is 19.1. The molecule has 3 rings (SSSR count). The molecule has 0 radical (unpaired) electrons. The van der Waals surface area contributed by atoms with Crippen molar-refractivity contribution >= 4 is 17.4 Å². The molecular weight excluding hydrogens is 259 g/mol. The molecule has 5 nitrogen and oxygen atoms in total. The summed E-state index contributed by atoms with van der Waals surface area (Å²) < 4.78 is 13.3. The molecule has 0 unspecified atom stereocenters. The standard InChI is InChI=1S/C14H13FN4O/c1-16-13-8-17-11(7-18-13)14(20)19-5-4-9-2-3-10(15)6-12(9)19/h2-3,6-8H,4-5H2,1H3,(H,16,18). The Morgan fingerprint density at radius 2 is 2.20 bits per heavy atom. The molecule has 0 bridgehead atoms. The largest absolute Gasteiger partial charge is 0.372 e. The van der Waals surface area contributed by atoms with Crippen molar-refractivity contribution in [2.45, 2.75) is 6.42 Å². The molecule has 1 N–H and O–H groups in total. The van der Waals surface area contributed by atoms with E-state index in [4.69, 9.17) is 0 Å². The molecule has 1 aromatic carbocycles. The molecule has 0 aliphatic carbocycles. The van der Waals surface area contributed by atoms with Gasteiger partial charge in [-0.1, -0.05) is 6.07 Å². The zero-order valence-electron chi connectivity index (χ0n) is 10.9. The molecule has 1 aromatic heterocycles. The van der Waals surface area contributed by atoms with Gasteiger partial charge in [-0.2, -0.15) is 0 Å². The van der Waals surface area contributed by atoms with Crippen LogP contribution in [0.1, 0.15) is 16.1 Å². The molecule has 1 aliphatic rings. The average molecular weight is 272 g/mol. The number of fused-ring (bicyclic) bond motifs is 1. The van der Waals surface area contributed by atoms with Crippen molar-refractivity contribution in [2.75, 3.05) is 23.8 Å². The Morgan fingerprint density at radius 1 is 1.35 bits per heavy atom. The summed E-state index contributed by atoms with van der Waals surface area (Å²) >= 11 is 0. The zero-order chi connectivity index (χ0) is 14.1. The highest BCUT2D eigenvalue weighted by Crippen LogP contribution is 2.29. The SMILES string of the molecule is CNc1cnc(C(=O)N2CCc3ccc(F)cc32)cn1. The van der Waals surface area contributed by atoms with E-state index >= 15 is 0 Å². The Labute approximate surface area is 115 Å². The van der Waals surface area contributed by atoms with Gasteiger partial charge in [0, 0.05) is 13.6 Å². The lowest BCUT2D eigenvalue weighted by atomic mass is 10.2. The monoisotopic (exact) mass is 272 g/mol. The number of hydrogen-bond donors (Lipinski definition) is 1. The van der Waals surface area contributed by atoms with E-state index < -0.39 is 0 Å². The third-order valence-electron chi connectivity index (χ3n) is 3.32. The van der Waals surface area contributed by atoms with Crippen LogP contribution in [0.4, 0.5) is 15.9 Å². The van der Waals surface area contributed by atoms with E-state index in [2.05, 4.69) is 15.3 Å². The first-order valence-corrected chi connectivity index (χ1v) is 6.29. The summed E-state index contributed by atoms with van der Waals surface area (Å²) in [5, 5.41) is 2.84. The Bertz CT molecular complexity index is 657. The second-order valence-electron chi connectivity index (χ2n) is 4.52. The molecule has 1 aliphatic heterocycles. The lowest BCUT2D eigenvalue weighted by molar-refractivity contribution is 0.0984. The van der Waals surface area contributed by atoms with Gasteiger partial charge in [0.05, 0.1) is 18.1 Å². The number of carbonyl (C=O) groups excluding carboxylic acids is 1. The molecule has 0 spiro atoms. The Morgan fingerprint density at radius 3 is 2.90 bits per heavy atom. The molecule has 2 heterocycles. The average Bonchev–Trinajstić information content (AvgIpc) is 2.89. The fraction of sp³-hybridized carbons (Fsp3) is 0.214. The number of nitrogens with one attached hydrogen (secondary N) is 1. The van der Waals surface area contributed by atoms with Crippen molar-refractivity contribution in [1.29, 1.82) is 0 Å². The second kappa shape index (κ2) is 4.88. The van der Waals surface area contributed by atoms with Crippen LogP contribution in [-0.4, -0.2) is 29.5 Å². The van der Waals surface area contributed by atoms with Gasteiger partial charge in [-0.3, -0.25) is 4.79 Å². The lowest BCUT2D eigenvalue weighted by Crippen LogP contribution is -2.29. The van der Waals surface area contributed by atoms with Gasteiger partial charge in [-0.05, 0) is 24.1 Å². The van der Waals surface area contributed by atoms with Crippen LogP contribution in [0.2, 0.25) is 0 Å². The summed E-state index contributed by atoms with van der Waals surface area (Å²) in [7, 11) is 1.73. The lowest BCUT2D eigenvalue weighted by Gasteiger charge is -2.16. The summed E-state index contributed by atoms with van der Waals surface area (Å²) in [5.74, 6) is -0.0148. The van der Waals surface area contributed by atoms with Gasteiger partial charge in [0.25, 0.3) is 5.91 Å². The number of anilines is 2. The van der Waals surface area contributed by atoms with Crippen LogP contribution in [0.15, 0.2) is 30.6 Å². The maximum atomic E-state index is 13.3. The molecule has 0 atom stereocenters. The number of carbonyl (C=O) groups is 1. The molecule has 1 amide bonds. The molecule has 2 aromatic rings. The third-order valence-corrected chi connectivity index (χ3v) is 3.32. The van der Waals surface area contributed by atoms with Crippen LogP contribution in [0.25, 0.3) is 0 Å². The fourth-order valence-electron chi connectivity index (χ4n) is 2.27. The minimum Gasteiger partial charge on any atom is -0.372 e. The predicted octanol–water partition coefficient (Wildman–Crippen LogP) is 1.86. The van der Waals surface area contributed by atoms with Gasteiger partial charge >= 0.3 is 0 Å². The summed E-state index contributed by atoms with van der Waals surface area (Å²) in [6, 6.07) is 4.51. The normalized spacial score (nSPS) is 13.2. The van der Waals surface area contributed by atoms with Gasteiger partial charge in [-0.15, -0.1) is 0 Å². The van der Waals surface area contributed by atoms with Crippen molar-refractivity contribution in [2.24, 2.45) is 0 Å². The Balaban J connectivity index is 1.91. The van der Waals surface area contributed by atoms with Gasteiger partial charge < -0.3 is 10.2 Å². The highest BCUT2D eigenvalue weighted by molar-refractivity contribution is 6.05. The van der Waals surface area contributed by atoms with Crippen molar-refractivity contribution < 1.29 is 9.18 Å². The molecule has 102 valence electrons. The van der Waals surface area contributed by atoms with E-state index in [1.54, 1.807) is 18.0 Å². The summed E-state index contributed by atoms with van der Waals surface area (Å²) in [6.45, 7) is 0.535. The van der Waals surface area contributed by atoms with Crippen LogP contribution < -0.4 is 10.2 Å². The minimum absolute atomic E-state index is 0.251. The summed E-state index contributed by atoms with van der Waals surface area (Å²) in [4.78, 5) is 22.1. The maximum absolute atomic E-state index is 13.3. The van der Waals surface area contributed by atoms with E-state index in [9.17, 15) is 9.18 Å². The number of amides is 1. The molecule has 0 saturated carbocycles. The van der Waals surface area contributed by atoms with Gasteiger partial charge in [0.15, 0.2) is 0 Å². The highest BCUT2D eigenvalue weighted by Gasteiger charge is 2.26. The van der Waals surface area contributed by atoms with E-state index in [0.717, 1.165) is 12.0 Å². The van der Waals surface area contributed by atoms with Crippen LogP contribution >= 0.6 is 0 Å². The molecule has 20 heavy (non-hydrogen) atoms. The number of rotatable bonds is 2. The van der Waals surface area contributed by atoms with Crippen molar-refractivity contribution in [3.05, 3.63) is 47.7 Å². The quantitative estimate of drug-likeness (QED) is 0.906. The maximum Gasteiger partial charge on any atom is 0.278 e. The zero-order valence-corrected chi connectivity index (χ0v) is 10.9. The van der Waals surface area contributed by atoms with E-state index in [1.165, 1.54) is 24.5 Å². The number of nitrogens with zero attached hydrogens (tertiary/aromatic N) is 3. The molecule has 0 fully saturated rings. The summed E-state index contributed by atoms with van der Waals surface area (Å²) in [6.07, 6.45) is 3.64. The van der Waals surface area contributed by atoms with E-state index in [0.29, 0.717) is 18.1 Å². The number of aromatic nitrogens is 2. The topological polar surface area (TPSA) is 58.1 Å². The van der Waals surface area contributed by atoms with Gasteiger partial charge in [0.2, 0.25) is 0 Å². The molecular formula is C14H13FN4O. The van der Waals surface area contributed by atoms with Crippen LogP contribution in [0.3, 0.4) is 0 Å². The second-order valence-corrected chi connectivity index (χ2v) is 4.52. The van der Waals surface area contributed by atoms with Crippen LogP contribution in [-0.2, 0) is 6.42 Å². The van der Waals surface area contributed by atoms with Gasteiger partial charge in [-0.25, -0.2) is 14.4 Å². The smallest absolute Gasteiger partial charge is 0.278 e. The first-order chi connectivity index (χ1) is 9.69. The first-order valence-electron chi connectivity index (χ1n) is 6.29. The van der Waals surface area contributed by atoms with Crippen LogP contribution in [0.5, 0.6) is 0 Å². The number of halogens is 1. The van der Waals surface area contributed by atoms with Crippen LogP contribution in [0, 0.1) is 5.82 Å². The fourth-order valence-corrected chi connectivity index (χ4v) is 2.27. The predicted molar refractivity (Wildman–Crippen MR) is 73.4 cm³/mol. The molecule has 0 saturated heterocycles. The van der Waals surface area contributed by atoms with Crippen molar-refractivity contribution in [1.82, 2.24) is 9.97 Å². The van der Waals surface area contributed by atoms with E-state index in [-0.39, 0.29) is 17.4 Å². The number of hydrogen-bond acceptors (Lipinski definition) is 4.